The third-order valence-electron chi connectivity index (χ3n) is 7.10. The molecule has 1 N–H and O–H groups in total. The molecule has 3 fully saturated rings. The summed E-state index contributed by atoms with van der Waals surface area (Å²) in [5.41, 5.74) is -0.517. The van der Waals surface area contributed by atoms with Gasteiger partial charge in [-0.05, 0) is 56.3 Å². The number of likely N-dealkylation sites (tertiary alicyclic amines) is 1. The van der Waals surface area contributed by atoms with Gasteiger partial charge in [-0.2, -0.15) is 0 Å². The molecule has 1 saturated carbocycles. The van der Waals surface area contributed by atoms with Gasteiger partial charge >= 0.3 is 6.03 Å². The van der Waals surface area contributed by atoms with Gasteiger partial charge in [0, 0.05) is 13.1 Å². The van der Waals surface area contributed by atoms with Crippen LogP contribution in [0.2, 0.25) is 0 Å². The largest absolute Gasteiger partial charge is 0.341 e. The number of nitrogens with one attached hydrogen (secondary N) is 1. The van der Waals surface area contributed by atoms with E-state index in [4.69, 9.17) is 0 Å². The van der Waals surface area contributed by atoms with Crippen LogP contribution in [0.25, 0.3) is 0 Å². The Hall–Kier alpha value is -1.59. The van der Waals surface area contributed by atoms with E-state index in [1.807, 2.05) is 0 Å². The molecule has 0 aromatic rings. The lowest BCUT2D eigenvalue weighted by atomic mass is 9.65. The molecule has 6 heteroatoms. The summed E-state index contributed by atoms with van der Waals surface area (Å²) in [6, 6.07) is -0.395. The molecule has 146 valence electrons. The van der Waals surface area contributed by atoms with Crippen molar-refractivity contribution in [1.82, 2.24) is 15.1 Å². The summed E-state index contributed by atoms with van der Waals surface area (Å²) in [6.07, 6.45) is 7.52. The van der Waals surface area contributed by atoms with Crippen molar-refractivity contribution in [2.45, 2.75) is 77.7 Å². The van der Waals surface area contributed by atoms with Crippen LogP contribution < -0.4 is 5.32 Å². The molecule has 0 aromatic carbocycles. The number of hydrogen-bond acceptors (Lipinski definition) is 3. The van der Waals surface area contributed by atoms with Crippen LogP contribution in [0.3, 0.4) is 0 Å². The number of carbonyl (C=O) groups excluding carboxylic acids is 3. The van der Waals surface area contributed by atoms with E-state index in [0.717, 1.165) is 56.5 Å². The summed E-state index contributed by atoms with van der Waals surface area (Å²) < 4.78 is 0. The topological polar surface area (TPSA) is 69.7 Å². The molecule has 2 aliphatic heterocycles. The normalized spacial score (nSPS) is 30.0. The molecule has 0 radical (unpaired) electrons. The first-order valence-electron chi connectivity index (χ1n) is 10.2. The zero-order valence-corrected chi connectivity index (χ0v) is 16.5. The van der Waals surface area contributed by atoms with Crippen LogP contribution in [0.4, 0.5) is 4.79 Å². The van der Waals surface area contributed by atoms with Crippen LogP contribution in [0.1, 0.15) is 72.1 Å². The third kappa shape index (κ3) is 3.47. The van der Waals surface area contributed by atoms with Gasteiger partial charge in [-0.1, -0.05) is 27.2 Å². The maximum atomic E-state index is 13.0. The molecule has 26 heavy (non-hydrogen) atoms. The SMILES string of the molecule is CCC(C)(C)C1CCC2(CC1)NC(=O)N(CC(=O)N1CCCCC1)C2=O. The van der Waals surface area contributed by atoms with Crippen LogP contribution in [0.15, 0.2) is 0 Å². The van der Waals surface area contributed by atoms with E-state index in [-0.39, 0.29) is 23.8 Å². The van der Waals surface area contributed by atoms with E-state index in [1.54, 1.807) is 4.90 Å². The van der Waals surface area contributed by atoms with Gasteiger partial charge in [-0.25, -0.2) is 4.79 Å². The van der Waals surface area contributed by atoms with Crippen molar-refractivity contribution in [2.75, 3.05) is 19.6 Å². The quantitative estimate of drug-likeness (QED) is 0.781. The van der Waals surface area contributed by atoms with Gasteiger partial charge in [0.2, 0.25) is 5.91 Å². The Balaban J connectivity index is 1.63. The Morgan fingerprint density at radius 2 is 1.77 bits per heavy atom. The molecule has 0 unspecified atom stereocenters. The number of imide groups is 1. The van der Waals surface area contributed by atoms with E-state index in [9.17, 15) is 14.4 Å². The molecule has 0 atom stereocenters. The Labute approximate surface area is 156 Å². The number of amides is 4. The van der Waals surface area contributed by atoms with Gasteiger partial charge in [0.15, 0.2) is 0 Å². The molecule has 2 heterocycles. The van der Waals surface area contributed by atoms with Crippen LogP contribution in [0, 0.1) is 11.3 Å². The molecule has 1 aliphatic carbocycles. The molecule has 3 aliphatic rings. The summed E-state index contributed by atoms with van der Waals surface area (Å²) in [5.74, 6) is 0.276. The molecular weight excluding hydrogens is 330 g/mol. The van der Waals surface area contributed by atoms with Crippen molar-refractivity contribution < 1.29 is 14.4 Å². The predicted molar refractivity (Wildman–Crippen MR) is 99.4 cm³/mol. The van der Waals surface area contributed by atoms with Gasteiger partial charge in [-0.15, -0.1) is 0 Å². The van der Waals surface area contributed by atoms with E-state index >= 15 is 0 Å². The molecule has 1 spiro atoms. The van der Waals surface area contributed by atoms with E-state index in [2.05, 4.69) is 26.1 Å². The highest BCUT2D eigenvalue weighted by Crippen LogP contribution is 2.45. The second kappa shape index (κ2) is 7.20. The molecule has 4 amide bonds. The van der Waals surface area contributed by atoms with Gasteiger partial charge in [0.25, 0.3) is 5.91 Å². The Bertz CT molecular complexity index is 573. The maximum absolute atomic E-state index is 13.0. The van der Waals surface area contributed by atoms with E-state index in [1.165, 1.54) is 0 Å². The lowest BCUT2D eigenvalue weighted by Gasteiger charge is -2.42. The zero-order chi connectivity index (χ0) is 18.9. The molecule has 6 nitrogen and oxygen atoms in total. The smallest absolute Gasteiger partial charge is 0.325 e. The van der Waals surface area contributed by atoms with Crippen LogP contribution in [-0.2, 0) is 9.59 Å². The summed E-state index contributed by atoms with van der Waals surface area (Å²) in [7, 11) is 0. The lowest BCUT2D eigenvalue weighted by Crippen LogP contribution is -2.51. The van der Waals surface area contributed by atoms with Gasteiger partial charge in [-0.3, -0.25) is 14.5 Å². The highest BCUT2D eigenvalue weighted by Gasteiger charge is 2.53. The van der Waals surface area contributed by atoms with Crippen molar-refractivity contribution in [2.24, 2.45) is 11.3 Å². The summed E-state index contributed by atoms with van der Waals surface area (Å²) >= 11 is 0. The second-order valence-electron chi connectivity index (χ2n) is 8.96. The Kier molecular flexibility index (Phi) is 5.31. The minimum atomic E-state index is -0.778. The van der Waals surface area contributed by atoms with Crippen molar-refractivity contribution >= 4 is 17.8 Å². The first-order chi connectivity index (χ1) is 12.3. The average molecular weight is 364 g/mol. The first-order valence-corrected chi connectivity index (χ1v) is 10.2. The summed E-state index contributed by atoms with van der Waals surface area (Å²) in [4.78, 5) is 40.9. The number of carbonyl (C=O) groups is 3. The maximum Gasteiger partial charge on any atom is 0.325 e. The molecule has 0 bridgehead atoms. The minimum Gasteiger partial charge on any atom is -0.341 e. The minimum absolute atomic E-state index is 0.106. The van der Waals surface area contributed by atoms with Gasteiger partial charge in [0.05, 0.1) is 0 Å². The summed E-state index contributed by atoms with van der Waals surface area (Å²) in [5, 5.41) is 2.93. The molecule has 3 rings (SSSR count). The molecular formula is C20H33N3O3. The summed E-state index contributed by atoms with van der Waals surface area (Å²) in [6.45, 7) is 8.14. The van der Waals surface area contributed by atoms with Gasteiger partial charge in [0.1, 0.15) is 12.1 Å². The highest BCUT2D eigenvalue weighted by molar-refractivity contribution is 6.09. The second-order valence-corrected chi connectivity index (χ2v) is 8.96. The Morgan fingerprint density at radius 1 is 1.15 bits per heavy atom. The fraction of sp³-hybridized carbons (Fsp3) is 0.850. The monoisotopic (exact) mass is 363 g/mol. The number of rotatable bonds is 4. The molecule has 2 saturated heterocycles. The number of hydrogen-bond donors (Lipinski definition) is 1. The van der Waals surface area contributed by atoms with E-state index in [0.29, 0.717) is 18.8 Å². The number of piperidine rings is 1. The van der Waals surface area contributed by atoms with Crippen molar-refractivity contribution in [3.63, 3.8) is 0 Å². The first kappa shape index (κ1) is 19.2. The molecule has 0 aromatic heterocycles. The van der Waals surface area contributed by atoms with Crippen molar-refractivity contribution in [3.05, 3.63) is 0 Å². The number of nitrogens with zero attached hydrogens (tertiary/aromatic N) is 2. The number of urea groups is 1. The van der Waals surface area contributed by atoms with Crippen molar-refractivity contribution in [1.29, 1.82) is 0 Å². The van der Waals surface area contributed by atoms with Crippen molar-refractivity contribution in [3.8, 4) is 0 Å². The van der Waals surface area contributed by atoms with Crippen LogP contribution >= 0.6 is 0 Å². The fourth-order valence-electron chi connectivity index (χ4n) is 4.72. The average Bonchev–Trinajstić information content (AvgIpc) is 2.87. The lowest BCUT2D eigenvalue weighted by molar-refractivity contribution is -0.140. The van der Waals surface area contributed by atoms with Crippen LogP contribution in [0.5, 0.6) is 0 Å². The fourth-order valence-corrected chi connectivity index (χ4v) is 4.72. The standard InChI is InChI=1S/C20H33N3O3/c1-4-19(2,3)15-8-10-20(11-9-15)17(25)23(18(26)21-20)14-16(24)22-12-6-5-7-13-22/h15H,4-14H2,1-3H3,(H,21,26). The van der Waals surface area contributed by atoms with E-state index < -0.39 is 11.6 Å². The third-order valence-corrected chi connectivity index (χ3v) is 7.10. The zero-order valence-electron chi connectivity index (χ0n) is 16.5. The van der Waals surface area contributed by atoms with Crippen LogP contribution in [-0.4, -0.2) is 52.8 Å². The highest BCUT2D eigenvalue weighted by atomic mass is 16.2. The predicted octanol–water partition coefficient (Wildman–Crippen LogP) is 2.92. The Morgan fingerprint density at radius 3 is 2.35 bits per heavy atom. The van der Waals surface area contributed by atoms with Gasteiger partial charge < -0.3 is 10.2 Å².